The summed E-state index contributed by atoms with van der Waals surface area (Å²) >= 11 is 0. The Morgan fingerprint density at radius 2 is 1.81 bits per heavy atom. The van der Waals surface area contributed by atoms with Gasteiger partial charge in [0.05, 0.1) is 20.6 Å². The van der Waals surface area contributed by atoms with Crippen molar-refractivity contribution in [1.82, 2.24) is 5.32 Å². The fourth-order valence-corrected chi connectivity index (χ4v) is 2.24. The van der Waals surface area contributed by atoms with Crippen LogP contribution in [0.4, 0.5) is 4.39 Å². The molecule has 0 aliphatic rings. The maximum atomic E-state index is 13.5. The standard InChI is InChI=1S/C19H20FNO5/c1-24-15-8-7-13(17(10-15)25-2)9-19(23)26-12-18(22)21-11-14-5-3-4-6-16(14)20/h3-8,10H,9,11-12H2,1-2H3,(H,21,22). The molecule has 0 heterocycles. The summed E-state index contributed by atoms with van der Waals surface area (Å²) in [5.74, 6) is -0.397. The van der Waals surface area contributed by atoms with Crippen LogP contribution in [-0.2, 0) is 27.3 Å². The summed E-state index contributed by atoms with van der Waals surface area (Å²) in [7, 11) is 3.02. The first kappa shape index (κ1) is 19.2. The predicted octanol–water partition coefficient (Wildman–Crippen LogP) is 2.25. The van der Waals surface area contributed by atoms with E-state index in [4.69, 9.17) is 14.2 Å². The number of hydrogen-bond donors (Lipinski definition) is 1. The van der Waals surface area contributed by atoms with E-state index < -0.39 is 24.3 Å². The van der Waals surface area contributed by atoms with E-state index in [1.807, 2.05) is 0 Å². The van der Waals surface area contributed by atoms with Crippen molar-refractivity contribution in [2.45, 2.75) is 13.0 Å². The van der Waals surface area contributed by atoms with Crippen LogP contribution in [0.1, 0.15) is 11.1 Å². The normalized spacial score (nSPS) is 10.1. The van der Waals surface area contributed by atoms with Gasteiger partial charge in [-0.05, 0) is 12.1 Å². The minimum atomic E-state index is -0.575. The third-order valence-corrected chi connectivity index (χ3v) is 3.63. The topological polar surface area (TPSA) is 73.9 Å². The number of methoxy groups -OCH3 is 2. The predicted molar refractivity (Wildman–Crippen MR) is 92.5 cm³/mol. The van der Waals surface area contributed by atoms with Crippen molar-refractivity contribution in [3.8, 4) is 11.5 Å². The molecule has 0 radical (unpaired) electrons. The number of halogens is 1. The maximum Gasteiger partial charge on any atom is 0.310 e. The largest absolute Gasteiger partial charge is 0.497 e. The lowest BCUT2D eigenvalue weighted by atomic mass is 10.1. The van der Waals surface area contributed by atoms with Crippen molar-refractivity contribution in [3.63, 3.8) is 0 Å². The number of carbonyl (C=O) groups is 2. The Bertz CT molecular complexity index is 778. The summed E-state index contributed by atoms with van der Waals surface area (Å²) in [6, 6.07) is 11.2. The van der Waals surface area contributed by atoms with E-state index >= 15 is 0 Å². The molecule has 0 aliphatic carbocycles. The van der Waals surface area contributed by atoms with E-state index in [9.17, 15) is 14.0 Å². The maximum absolute atomic E-state index is 13.5. The lowest BCUT2D eigenvalue weighted by Gasteiger charge is -2.10. The van der Waals surface area contributed by atoms with E-state index in [2.05, 4.69) is 5.32 Å². The number of carbonyl (C=O) groups excluding carboxylic acids is 2. The van der Waals surface area contributed by atoms with Crippen molar-refractivity contribution >= 4 is 11.9 Å². The van der Waals surface area contributed by atoms with Gasteiger partial charge in [0.1, 0.15) is 17.3 Å². The molecule has 2 aromatic rings. The van der Waals surface area contributed by atoms with Crippen LogP contribution in [0.2, 0.25) is 0 Å². The molecule has 1 N–H and O–H groups in total. The molecule has 0 unspecified atom stereocenters. The molecule has 2 aromatic carbocycles. The highest BCUT2D eigenvalue weighted by atomic mass is 19.1. The van der Waals surface area contributed by atoms with Crippen LogP contribution < -0.4 is 14.8 Å². The zero-order valence-electron chi connectivity index (χ0n) is 14.6. The number of amides is 1. The van der Waals surface area contributed by atoms with Gasteiger partial charge in [-0.15, -0.1) is 0 Å². The molecule has 1 amide bonds. The van der Waals surface area contributed by atoms with Crippen LogP contribution in [0.15, 0.2) is 42.5 Å². The van der Waals surface area contributed by atoms with Crippen LogP contribution in [0.5, 0.6) is 11.5 Å². The highest BCUT2D eigenvalue weighted by Gasteiger charge is 2.13. The number of ether oxygens (including phenoxy) is 3. The first-order valence-electron chi connectivity index (χ1n) is 7.90. The molecule has 0 spiro atoms. The molecule has 0 saturated carbocycles. The van der Waals surface area contributed by atoms with Crippen molar-refractivity contribution in [3.05, 3.63) is 59.4 Å². The molecular weight excluding hydrogens is 341 g/mol. The Hall–Kier alpha value is -3.09. The summed E-state index contributed by atoms with van der Waals surface area (Å²) in [5.41, 5.74) is 0.972. The van der Waals surface area contributed by atoms with Gasteiger partial charge < -0.3 is 19.5 Å². The fraction of sp³-hybridized carbons (Fsp3) is 0.263. The van der Waals surface area contributed by atoms with Gasteiger partial charge in [-0.25, -0.2) is 4.39 Å². The zero-order valence-corrected chi connectivity index (χ0v) is 14.6. The number of esters is 1. The van der Waals surface area contributed by atoms with Crippen LogP contribution >= 0.6 is 0 Å². The number of hydrogen-bond acceptors (Lipinski definition) is 5. The van der Waals surface area contributed by atoms with E-state index in [0.717, 1.165) is 0 Å². The van der Waals surface area contributed by atoms with Gasteiger partial charge in [-0.3, -0.25) is 9.59 Å². The second-order valence-corrected chi connectivity index (χ2v) is 5.38. The number of nitrogens with one attached hydrogen (secondary N) is 1. The molecule has 0 aliphatic heterocycles. The Morgan fingerprint density at radius 1 is 1.04 bits per heavy atom. The molecular formula is C19H20FNO5. The Balaban J connectivity index is 1.81. The van der Waals surface area contributed by atoms with Gasteiger partial charge in [0.15, 0.2) is 6.61 Å². The molecule has 0 aromatic heterocycles. The average molecular weight is 361 g/mol. The SMILES string of the molecule is COc1ccc(CC(=O)OCC(=O)NCc2ccccc2F)c(OC)c1. The van der Waals surface area contributed by atoms with Gasteiger partial charge in [0.25, 0.3) is 5.91 Å². The summed E-state index contributed by atoms with van der Waals surface area (Å²) in [4.78, 5) is 23.7. The average Bonchev–Trinajstić information content (AvgIpc) is 2.66. The van der Waals surface area contributed by atoms with Crippen LogP contribution in [0.25, 0.3) is 0 Å². The van der Waals surface area contributed by atoms with Crippen LogP contribution in [-0.4, -0.2) is 32.7 Å². The third kappa shape index (κ3) is 5.47. The molecule has 138 valence electrons. The molecule has 0 bridgehead atoms. The second kappa shape index (κ2) is 9.41. The Morgan fingerprint density at radius 3 is 2.50 bits per heavy atom. The first-order chi connectivity index (χ1) is 12.5. The molecule has 0 saturated heterocycles. The summed E-state index contributed by atoms with van der Waals surface area (Å²) in [6.07, 6.45) is -0.0479. The third-order valence-electron chi connectivity index (χ3n) is 3.63. The highest BCUT2D eigenvalue weighted by Crippen LogP contribution is 2.25. The van der Waals surface area contributed by atoms with Crippen molar-refractivity contribution < 1.29 is 28.2 Å². The van der Waals surface area contributed by atoms with Gasteiger partial charge in [0, 0.05) is 23.7 Å². The minimum absolute atomic E-state index is 0.0232. The molecule has 0 fully saturated rings. The quantitative estimate of drug-likeness (QED) is 0.730. The number of benzene rings is 2. The smallest absolute Gasteiger partial charge is 0.310 e. The summed E-state index contributed by atoms with van der Waals surface area (Å²) in [6.45, 7) is -0.416. The van der Waals surface area contributed by atoms with Gasteiger partial charge in [-0.2, -0.15) is 0 Å². The molecule has 2 rings (SSSR count). The summed E-state index contributed by atoms with van der Waals surface area (Å²) < 4.78 is 28.7. The van der Waals surface area contributed by atoms with Crippen molar-refractivity contribution in [2.24, 2.45) is 0 Å². The van der Waals surface area contributed by atoms with E-state index in [0.29, 0.717) is 22.6 Å². The fourth-order valence-electron chi connectivity index (χ4n) is 2.24. The van der Waals surface area contributed by atoms with Crippen LogP contribution in [0.3, 0.4) is 0 Å². The number of rotatable bonds is 8. The molecule has 6 nitrogen and oxygen atoms in total. The lowest BCUT2D eigenvalue weighted by Crippen LogP contribution is -2.29. The van der Waals surface area contributed by atoms with Crippen molar-refractivity contribution in [1.29, 1.82) is 0 Å². The Kier molecular flexibility index (Phi) is 6.96. The van der Waals surface area contributed by atoms with Gasteiger partial charge >= 0.3 is 5.97 Å². The highest BCUT2D eigenvalue weighted by molar-refractivity contribution is 5.81. The van der Waals surface area contributed by atoms with Crippen molar-refractivity contribution in [2.75, 3.05) is 20.8 Å². The van der Waals surface area contributed by atoms with Gasteiger partial charge in [-0.1, -0.05) is 24.3 Å². The monoisotopic (exact) mass is 361 g/mol. The van der Waals surface area contributed by atoms with Gasteiger partial charge in [0.2, 0.25) is 0 Å². The lowest BCUT2D eigenvalue weighted by molar-refractivity contribution is -0.147. The van der Waals surface area contributed by atoms with E-state index in [1.165, 1.54) is 20.3 Å². The van der Waals surface area contributed by atoms with E-state index in [-0.39, 0.29) is 13.0 Å². The van der Waals surface area contributed by atoms with Crippen LogP contribution in [0, 0.1) is 5.82 Å². The second-order valence-electron chi connectivity index (χ2n) is 5.38. The van der Waals surface area contributed by atoms with E-state index in [1.54, 1.807) is 36.4 Å². The molecule has 26 heavy (non-hydrogen) atoms. The molecule has 7 heteroatoms. The summed E-state index contributed by atoms with van der Waals surface area (Å²) in [5, 5.41) is 2.50. The Labute approximate surface area is 150 Å². The zero-order chi connectivity index (χ0) is 18.9. The minimum Gasteiger partial charge on any atom is -0.497 e. The first-order valence-corrected chi connectivity index (χ1v) is 7.90. The molecule has 0 atom stereocenters.